The second-order valence-electron chi connectivity index (χ2n) is 14.9. The van der Waals surface area contributed by atoms with Crippen LogP contribution in [-0.2, 0) is 25.6 Å². The number of phenolic OH excluding ortho intramolecular Hbond substituents is 1. The molecule has 3 aliphatic rings. The van der Waals surface area contributed by atoms with Crippen LogP contribution in [0.15, 0.2) is 24.3 Å². The van der Waals surface area contributed by atoms with Crippen LogP contribution in [0.5, 0.6) is 5.75 Å². The molecular formula is C32H47N5O6. The number of carbonyl (C=O) groups is 5. The van der Waals surface area contributed by atoms with Crippen molar-refractivity contribution >= 4 is 29.5 Å². The lowest BCUT2D eigenvalue weighted by atomic mass is 9.85. The number of phenols is 1. The van der Waals surface area contributed by atoms with Gasteiger partial charge in [-0.05, 0) is 66.9 Å². The minimum atomic E-state index is -1.09. The van der Waals surface area contributed by atoms with E-state index >= 15 is 0 Å². The molecule has 1 unspecified atom stereocenters. The van der Waals surface area contributed by atoms with E-state index in [1.165, 1.54) is 4.90 Å². The molecule has 3 fully saturated rings. The maximum Gasteiger partial charge on any atom is 0.315 e. The highest BCUT2D eigenvalue weighted by molar-refractivity contribution is 6.37. The Morgan fingerprint density at radius 3 is 2.23 bits per heavy atom. The molecule has 1 aromatic rings. The number of nitrogens with zero attached hydrogens (tertiary/aromatic N) is 1. The number of nitrogens with one attached hydrogen (secondary N) is 3. The maximum absolute atomic E-state index is 14.2. The standard InChI is InChI=1S/C32H47N5O6/c1-30(2,3)25(35-29(43)36-31(4,5)15-18-10-8-9-11-21(18)38)28(42)37-16-19-22(32(19,6)7)23(37)27(41)34-20(14-17-12-13-17)24(39)26(33)40/h8-11,17,19-20,22-23,25,38H,12-16H2,1-7H3,(H2,33,40)(H,34,41)(H2,35,36,43)/t19-,20?,22-,23-,25+/m0/s1. The van der Waals surface area contributed by atoms with Crippen molar-refractivity contribution < 1.29 is 29.1 Å². The van der Waals surface area contributed by atoms with Gasteiger partial charge in [-0.3, -0.25) is 19.2 Å². The van der Waals surface area contributed by atoms with Crippen molar-refractivity contribution in [2.24, 2.45) is 34.3 Å². The first-order valence-corrected chi connectivity index (χ1v) is 15.1. The molecule has 1 aromatic carbocycles. The van der Waals surface area contributed by atoms with Crippen molar-refractivity contribution in [3.05, 3.63) is 29.8 Å². The van der Waals surface area contributed by atoms with Crippen molar-refractivity contribution in [2.45, 2.75) is 97.8 Å². The smallest absolute Gasteiger partial charge is 0.315 e. The van der Waals surface area contributed by atoms with E-state index in [0.717, 1.165) is 12.8 Å². The van der Waals surface area contributed by atoms with Crippen molar-refractivity contribution in [3.8, 4) is 5.75 Å². The average molecular weight is 598 g/mol. The van der Waals surface area contributed by atoms with E-state index in [0.29, 0.717) is 24.9 Å². The third kappa shape index (κ3) is 7.13. The lowest BCUT2D eigenvalue weighted by molar-refractivity contribution is -0.145. The van der Waals surface area contributed by atoms with E-state index in [9.17, 15) is 29.1 Å². The number of hydrogen-bond donors (Lipinski definition) is 5. The van der Waals surface area contributed by atoms with Crippen LogP contribution in [0.25, 0.3) is 0 Å². The number of ketones is 1. The molecule has 0 bridgehead atoms. The van der Waals surface area contributed by atoms with Gasteiger partial charge < -0.3 is 31.7 Å². The second-order valence-corrected chi connectivity index (χ2v) is 14.9. The Morgan fingerprint density at radius 2 is 1.67 bits per heavy atom. The molecular weight excluding hydrogens is 550 g/mol. The predicted molar refractivity (Wildman–Crippen MR) is 161 cm³/mol. The normalized spacial score (nSPS) is 23.9. The number of Topliss-reactive ketones (excluding diaryl/α,β-unsaturated/α-hetero) is 1. The van der Waals surface area contributed by atoms with Crippen LogP contribution in [0.3, 0.4) is 0 Å². The highest BCUT2D eigenvalue weighted by Crippen LogP contribution is 2.65. The molecule has 1 aliphatic heterocycles. The fourth-order valence-electron chi connectivity index (χ4n) is 6.63. The first-order valence-electron chi connectivity index (χ1n) is 15.1. The largest absolute Gasteiger partial charge is 0.508 e. The number of fused-ring (bicyclic) bond motifs is 1. The maximum atomic E-state index is 14.2. The predicted octanol–water partition coefficient (Wildman–Crippen LogP) is 2.25. The molecule has 11 heteroatoms. The molecule has 5 amide bonds. The number of piperidine rings is 1. The lowest BCUT2D eigenvalue weighted by Gasteiger charge is -2.38. The molecule has 43 heavy (non-hydrogen) atoms. The Kier molecular flexibility index (Phi) is 8.61. The van der Waals surface area contributed by atoms with Crippen LogP contribution >= 0.6 is 0 Å². The Labute approximate surface area is 253 Å². The van der Waals surface area contributed by atoms with Crippen molar-refractivity contribution in [1.29, 1.82) is 0 Å². The van der Waals surface area contributed by atoms with Gasteiger partial charge in [0.2, 0.25) is 17.6 Å². The summed E-state index contributed by atoms with van der Waals surface area (Å²) in [6, 6.07) is 3.54. The van der Waals surface area contributed by atoms with Gasteiger partial charge in [0.05, 0.1) is 6.04 Å². The van der Waals surface area contributed by atoms with Gasteiger partial charge in [-0.25, -0.2) is 4.79 Å². The zero-order valence-corrected chi connectivity index (χ0v) is 26.3. The molecule has 11 nitrogen and oxygen atoms in total. The van der Waals surface area contributed by atoms with Gasteiger partial charge >= 0.3 is 6.03 Å². The van der Waals surface area contributed by atoms with E-state index in [1.54, 1.807) is 18.2 Å². The van der Waals surface area contributed by atoms with Crippen LogP contribution in [-0.4, -0.2) is 69.8 Å². The number of carbonyl (C=O) groups excluding carboxylic acids is 5. The van der Waals surface area contributed by atoms with Gasteiger partial charge in [-0.1, -0.05) is 65.7 Å². The fourth-order valence-corrected chi connectivity index (χ4v) is 6.63. The molecule has 0 spiro atoms. The summed E-state index contributed by atoms with van der Waals surface area (Å²) in [4.78, 5) is 67.0. The molecule has 5 atom stereocenters. The number of likely N-dealkylation sites (tertiary alicyclic amines) is 1. The number of urea groups is 1. The molecule has 1 saturated heterocycles. The first kappa shape index (κ1) is 32.3. The number of rotatable bonds is 11. The quantitative estimate of drug-likeness (QED) is 0.245. The van der Waals surface area contributed by atoms with Crippen LogP contribution in [0.4, 0.5) is 4.79 Å². The molecule has 236 valence electrons. The molecule has 6 N–H and O–H groups in total. The minimum absolute atomic E-state index is 0.0906. The Hall–Kier alpha value is -3.63. The van der Waals surface area contributed by atoms with Gasteiger partial charge in [-0.15, -0.1) is 0 Å². The molecule has 1 heterocycles. The van der Waals surface area contributed by atoms with E-state index < -0.39 is 52.7 Å². The second kappa shape index (κ2) is 11.5. The highest BCUT2D eigenvalue weighted by Gasteiger charge is 2.70. The molecule has 0 radical (unpaired) electrons. The van der Waals surface area contributed by atoms with Gasteiger partial charge in [0.25, 0.3) is 5.91 Å². The average Bonchev–Trinajstić information content (AvgIpc) is 3.73. The summed E-state index contributed by atoms with van der Waals surface area (Å²) in [6.45, 7) is 13.6. The number of primary amides is 1. The number of benzene rings is 1. The summed E-state index contributed by atoms with van der Waals surface area (Å²) in [7, 11) is 0. The zero-order valence-electron chi connectivity index (χ0n) is 26.3. The Balaban J connectivity index is 1.51. The summed E-state index contributed by atoms with van der Waals surface area (Å²) in [5.41, 5.74) is 4.34. The van der Waals surface area contributed by atoms with Gasteiger partial charge in [0, 0.05) is 12.1 Å². The van der Waals surface area contributed by atoms with E-state index in [2.05, 4.69) is 29.8 Å². The van der Waals surface area contributed by atoms with Crippen LogP contribution < -0.4 is 21.7 Å². The third-order valence-electron chi connectivity index (χ3n) is 9.37. The summed E-state index contributed by atoms with van der Waals surface area (Å²) in [5, 5.41) is 18.7. The van der Waals surface area contributed by atoms with Gasteiger partial charge in [0.15, 0.2) is 0 Å². The number of para-hydroxylation sites is 1. The van der Waals surface area contributed by atoms with E-state index in [1.807, 2.05) is 40.7 Å². The van der Waals surface area contributed by atoms with Gasteiger partial charge in [0.1, 0.15) is 17.8 Å². The number of nitrogens with two attached hydrogens (primary N) is 1. The topological polar surface area (TPSA) is 171 Å². The minimum Gasteiger partial charge on any atom is -0.508 e. The van der Waals surface area contributed by atoms with Gasteiger partial charge in [-0.2, -0.15) is 0 Å². The zero-order chi connectivity index (χ0) is 32.1. The fraction of sp³-hybridized carbons (Fsp3) is 0.656. The number of amides is 5. The lowest BCUT2D eigenvalue weighted by Crippen LogP contribution is -2.62. The van der Waals surface area contributed by atoms with Crippen LogP contribution in [0.1, 0.15) is 73.3 Å². The highest BCUT2D eigenvalue weighted by atomic mass is 16.3. The molecule has 2 aliphatic carbocycles. The molecule has 4 rings (SSSR count). The van der Waals surface area contributed by atoms with Crippen molar-refractivity contribution in [3.63, 3.8) is 0 Å². The molecule has 0 aromatic heterocycles. The molecule has 2 saturated carbocycles. The Bertz CT molecular complexity index is 1300. The van der Waals surface area contributed by atoms with E-state index in [4.69, 9.17) is 5.73 Å². The number of hydrogen-bond acceptors (Lipinski definition) is 6. The third-order valence-corrected chi connectivity index (χ3v) is 9.37. The monoisotopic (exact) mass is 597 g/mol. The van der Waals surface area contributed by atoms with Crippen molar-refractivity contribution in [2.75, 3.05) is 6.54 Å². The number of aromatic hydroxyl groups is 1. The van der Waals surface area contributed by atoms with Crippen LogP contribution in [0, 0.1) is 28.6 Å². The summed E-state index contributed by atoms with van der Waals surface area (Å²) < 4.78 is 0. The first-order chi connectivity index (χ1) is 19.8. The summed E-state index contributed by atoms with van der Waals surface area (Å²) in [5.74, 6) is -2.43. The summed E-state index contributed by atoms with van der Waals surface area (Å²) in [6.07, 6.45) is 2.55. The Morgan fingerprint density at radius 1 is 1.05 bits per heavy atom. The van der Waals surface area contributed by atoms with Crippen molar-refractivity contribution in [1.82, 2.24) is 20.9 Å². The van der Waals surface area contributed by atoms with E-state index in [-0.39, 0.29) is 34.8 Å². The van der Waals surface area contributed by atoms with Crippen LogP contribution in [0.2, 0.25) is 0 Å². The summed E-state index contributed by atoms with van der Waals surface area (Å²) >= 11 is 0. The SMILES string of the molecule is CC(C)(Cc1ccccc1O)NC(=O)N[C@H](C(=O)N1C[C@H]2[C@@H]([C@H]1C(=O)NC(CC1CC1)C(=O)C(N)=O)C2(C)C)C(C)(C)C.